The average molecular weight is 761 g/mol. The highest BCUT2D eigenvalue weighted by atomic mass is 16.6. The van der Waals surface area contributed by atoms with E-state index >= 15 is 0 Å². The van der Waals surface area contributed by atoms with Gasteiger partial charge in [0.05, 0.1) is 139 Å². The number of ether oxygens (including phenoxy) is 12. The molecule has 0 amide bonds. The van der Waals surface area contributed by atoms with Crippen LogP contribution >= 0.6 is 0 Å². The summed E-state index contributed by atoms with van der Waals surface area (Å²) in [5, 5.41) is 0. The molecule has 0 radical (unpaired) electrons. The first-order valence-corrected chi connectivity index (χ1v) is 20.4. The second-order valence-electron chi connectivity index (χ2n) is 12.5. The maximum absolute atomic E-state index is 5.79. The normalized spacial score (nSPS) is 11.5. The predicted octanol–water partition coefficient (Wildman–Crippen LogP) is 6.34. The first kappa shape index (κ1) is 49.6. The number of unbranched alkanes of at least 4 members (excludes halogenated alkanes) is 7. The minimum Gasteiger partial charge on any atom is -0.491 e. The molecular weight excluding hydrogens is 684 g/mol. The number of benzene rings is 1. The van der Waals surface area contributed by atoms with E-state index in [1.54, 1.807) is 0 Å². The fraction of sp³-hybridized carbons (Fsp3) is 0.854. The number of hydrogen-bond acceptors (Lipinski definition) is 12. The van der Waals surface area contributed by atoms with E-state index in [0.29, 0.717) is 145 Å². The first-order chi connectivity index (χ1) is 26.4. The highest BCUT2D eigenvalue weighted by Gasteiger charge is 1.99. The molecule has 0 heterocycles. The van der Waals surface area contributed by atoms with Crippen LogP contribution in [0.2, 0.25) is 0 Å². The van der Waals surface area contributed by atoms with Gasteiger partial charge in [0.15, 0.2) is 0 Å². The van der Waals surface area contributed by atoms with Crippen molar-refractivity contribution in [2.45, 2.75) is 78.1 Å². The molecule has 0 atom stereocenters. The molecule has 1 aromatic carbocycles. The van der Waals surface area contributed by atoms with E-state index in [4.69, 9.17) is 56.8 Å². The zero-order chi connectivity index (χ0) is 37.8. The molecular formula is C41H76O12. The second kappa shape index (κ2) is 43.3. The molecule has 0 aromatic heterocycles. The van der Waals surface area contributed by atoms with Crippen molar-refractivity contribution in [1.29, 1.82) is 0 Å². The lowest BCUT2D eigenvalue weighted by atomic mass is 10.0. The van der Waals surface area contributed by atoms with Gasteiger partial charge in [-0.05, 0) is 37.0 Å². The Labute approximate surface area is 322 Å². The Balaban J connectivity index is 1.68. The lowest BCUT2D eigenvalue weighted by Gasteiger charge is -2.09. The van der Waals surface area contributed by atoms with Crippen LogP contribution in [0.4, 0.5) is 0 Å². The van der Waals surface area contributed by atoms with Gasteiger partial charge in [-0.2, -0.15) is 0 Å². The summed E-state index contributed by atoms with van der Waals surface area (Å²) < 4.78 is 66.3. The molecule has 1 aromatic rings. The molecule has 0 bridgehead atoms. The van der Waals surface area contributed by atoms with Gasteiger partial charge in [0.2, 0.25) is 0 Å². The van der Waals surface area contributed by atoms with Crippen LogP contribution in [0.3, 0.4) is 0 Å². The van der Waals surface area contributed by atoms with Crippen LogP contribution in [0.25, 0.3) is 0 Å². The van der Waals surface area contributed by atoms with Gasteiger partial charge >= 0.3 is 0 Å². The lowest BCUT2D eigenvalue weighted by molar-refractivity contribution is -0.0277. The van der Waals surface area contributed by atoms with Gasteiger partial charge in [-0.25, -0.2) is 0 Å². The third-order valence-electron chi connectivity index (χ3n) is 7.85. The van der Waals surface area contributed by atoms with E-state index in [9.17, 15) is 0 Å². The van der Waals surface area contributed by atoms with E-state index in [1.807, 2.05) is 0 Å². The number of aryl methyl sites for hydroxylation is 1. The molecule has 0 aliphatic rings. The van der Waals surface area contributed by atoms with Crippen molar-refractivity contribution in [2.24, 2.45) is 0 Å². The van der Waals surface area contributed by atoms with Crippen LogP contribution in [0.1, 0.15) is 77.2 Å². The van der Waals surface area contributed by atoms with Crippen LogP contribution in [-0.2, 0) is 58.5 Å². The molecule has 0 aliphatic heterocycles. The molecule has 1 rings (SSSR count). The van der Waals surface area contributed by atoms with Gasteiger partial charge in [-0.15, -0.1) is 0 Å². The van der Waals surface area contributed by atoms with E-state index in [0.717, 1.165) is 31.6 Å². The Hall–Kier alpha value is -1.42. The van der Waals surface area contributed by atoms with Gasteiger partial charge in [0, 0.05) is 6.61 Å². The summed E-state index contributed by atoms with van der Waals surface area (Å²) in [5.41, 5.74) is 1.38. The summed E-state index contributed by atoms with van der Waals surface area (Å²) in [6, 6.07) is 8.46. The minimum absolute atomic E-state index is 0.516. The van der Waals surface area contributed by atoms with Crippen LogP contribution in [0.5, 0.6) is 5.75 Å². The van der Waals surface area contributed by atoms with Crippen LogP contribution in [-0.4, -0.2) is 152 Å². The zero-order valence-electron chi connectivity index (χ0n) is 33.5. The van der Waals surface area contributed by atoms with Crippen LogP contribution in [0, 0.1) is 0 Å². The summed E-state index contributed by atoms with van der Waals surface area (Å²) in [7, 11) is 0. The smallest absolute Gasteiger partial charge is 0.119 e. The molecule has 53 heavy (non-hydrogen) atoms. The Morgan fingerprint density at radius 3 is 0.906 bits per heavy atom. The minimum atomic E-state index is 0.516. The van der Waals surface area contributed by atoms with Crippen molar-refractivity contribution < 1.29 is 56.8 Å². The van der Waals surface area contributed by atoms with E-state index in [2.05, 4.69) is 38.1 Å². The maximum atomic E-state index is 5.79. The topological polar surface area (TPSA) is 111 Å². The van der Waals surface area contributed by atoms with E-state index < -0.39 is 0 Å². The molecule has 0 N–H and O–H groups in total. The quantitative estimate of drug-likeness (QED) is 0.0692. The summed E-state index contributed by atoms with van der Waals surface area (Å²) >= 11 is 0. The van der Waals surface area contributed by atoms with Gasteiger partial charge in [-0.3, -0.25) is 0 Å². The average Bonchev–Trinajstić information content (AvgIpc) is 3.18. The molecule has 0 fully saturated rings. The van der Waals surface area contributed by atoms with Crippen molar-refractivity contribution in [1.82, 2.24) is 0 Å². The highest BCUT2D eigenvalue weighted by molar-refractivity contribution is 5.27. The molecule has 0 spiro atoms. The SMILES string of the molecule is CCCCCCCCCc1ccc(OCCOCCOCCOCCOCCOCCOCCOCCOCCOCCOCCOCCCC)cc1. The maximum Gasteiger partial charge on any atom is 0.119 e. The Morgan fingerprint density at radius 2 is 0.566 bits per heavy atom. The summed E-state index contributed by atoms with van der Waals surface area (Å²) in [5.74, 6) is 0.888. The van der Waals surface area contributed by atoms with Crippen molar-refractivity contribution in [3.05, 3.63) is 29.8 Å². The molecule has 12 heteroatoms. The molecule has 12 nitrogen and oxygen atoms in total. The molecule has 0 saturated carbocycles. The number of rotatable bonds is 45. The number of hydrogen-bond donors (Lipinski definition) is 0. The highest BCUT2D eigenvalue weighted by Crippen LogP contribution is 2.15. The fourth-order valence-electron chi connectivity index (χ4n) is 4.80. The molecule has 0 unspecified atom stereocenters. The monoisotopic (exact) mass is 761 g/mol. The van der Waals surface area contributed by atoms with Gasteiger partial charge in [0.1, 0.15) is 12.4 Å². The third kappa shape index (κ3) is 38.6. The fourth-order valence-corrected chi connectivity index (χ4v) is 4.80. The lowest BCUT2D eigenvalue weighted by Crippen LogP contribution is -2.15. The Morgan fingerprint density at radius 1 is 0.283 bits per heavy atom. The Kier molecular flexibility index (Phi) is 40.5. The standard InChI is InChI=1S/C41H76O12/c1-3-5-7-8-9-10-11-12-40-13-15-41(16-14-40)53-39-38-52-37-36-51-35-34-50-33-32-49-31-30-48-29-28-47-27-26-46-25-24-45-23-22-44-21-20-43-19-18-42-17-6-4-2/h13-16H,3-12,17-39H2,1-2H3. The van der Waals surface area contributed by atoms with Gasteiger partial charge in [-0.1, -0.05) is 70.9 Å². The summed E-state index contributed by atoms with van der Waals surface area (Å²) in [4.78, 5) is 0. The third-order valence-corrected chi connectivity index (χ3v) is 7.85. The van der Waals surface area contributed by atoms with Gasteiger partial charge < -0.3 is 56.8 Å². The predicted molar refractivity (Wildman–Crippen MR) is 208 cm³/mol. The summed E-state index contributed by atoms with van der Waals surface area (Å²) in [6.07, 6.45) is 12.8. The summed E-state index contributed by atoms with van der Waals surface area (Å²) in [6.45, 7) is 17.0. The van der Waals surface area contributed by atoms with Crippen molar-refractivity contribution in [3.8, 4) is 5.75 Å². The molecule has 0 aliphatic carbocycles. The largest absolute Gasteiger partial charge is 0.491 e. The van der Waals surface area contributed by atoms with E-state index in [-0.39, 0.29) is 0 Å². The van der Waals surface area contributed by atoms with Crippen LogP contribution in [0.15, 0.2) is 24.3 Å². The van der Waals surface area contributed by atoms with Crippen molar-refractivity contribution >= 4 is 0 Å². The van der Waals surface area contributed by atoms with Crippen molar-refractivity contribution in [3.63, 3.8) is 0 Å². The molecule has 312 valence electrons. The molecule has 0 saturated heterocycles. The second-order valence-corrected chi connectivity index (χ2v) is 12.5. The van der Waals surface area contributed by atoms with E-state index in [1.165, 1.54) is 50.5 Å². The zero-order valence-corrected chi connectivity index (χ0v) is 33.5. The van der Waals surface area contributed by atoms with Gasteiger partial charge in [0.25, 0.3) is 0 Å². The van der Waals surface area contributed by atoms with Crippen LogP contribution < -0.4 is 4.74 Å². The Bertz CT molecular complexity index is 817. The first-order valence-electron chi connectivity index (χ1n) is 20.4. The van der Waals surface area contributed by atoms with Crippen molar-refractivity contribution in [2.75, 3.05) is 152 Å².